The molecule has 4 N–H and O–H groups in total. The van der Waals surface area contributed by atoms with E-state index in [0.717, 1.165) is 5.56 Å². The summed E-state index contributed by atoms with van der Waals surface area (Å²) in [6, 6.07) is 11.2. The van der Waals surface area contributed by atoms with Gasteiger partial charge in [0.15, 0.2) is 17.6 Å². The molecular formula is C18H22O6. The summed E-state index contributed by atoms with van der Waals surface area (Å²) in [4.78, 5) is 0. The van der Waals surface area contributed by atoms with Gasteiger partial charge in [0, 0.05) is 0 Å². The molecule has 6 nitrogen and oxygen atoms in total. The van der Waals surface area contributed by atoms with E-state index in [1.54, 1.807) is 31.2 Å². The van der Waals surface area contributed by atoms with Gasteiger partial charge < -0.3 is 29.9 Å². The molecular weight excluding hydrogens is 312 g/mol. The first-order valence-electron chi connectivity index (χ1n) is 7.56. The number of aliphatic hydroxyl groups excluding tert-OH is 3. The summed E-state index contributed by atoms with van der Waals surface area (Å²) in [5.74, 6) is 0.649. The maximum atomic E-state index is 10.4. The zero-order chi connectivity index (χ0) is 17.7. The zero-order valence-corrected chi connectivity index (χ0v) is 13.6. The normalized spacial score (nSPS) is 14.7. The quantitative estimate of drug-likeness (QED) is 0.617. The van der Waals surface area contributed by atoms with Crippen molar-refractivity contribution < 1.29 is 29.9 Å². The van der Waals surface area contributed by atoms with Crippen molar-refractivity contribution in [2.24, 2.45) is 0 Å². The van der Waals surface area contributed by atoms with Gasteiger partial charge in [0.05, 0.1) is 19.8 Å². The van der Waals surface area contributed by atoms with Gasteiger partial charge >= 0.3 is 0 Å². The van der Waals surface area contributed by atoms with E-state index in [4.69, 9.17) is 9.47 Å². The number of aromatic hydroxyl groups is 1. The van der Waals surface area contributed by atoms with Crippen LogP contribution >= 0.6 is 0 Å². The largest absolute Gasteiger partial charge is 0.504 e. The van der Waals surface area contributed by atoms with Crippen molar-refractivity contribution in [1.29, 1.82) is 0 Å². The van der Waals surface area contributed by atoms with Crippen molar-refractivity contribution in [1.82, 2.24) is 0 Å². The molecule has 0 radical (unpaired) electrons. The van der Waals surface area contributed by atoms with E-state index < -0.39 is 24.9 Å². The van der Waals surface area contributed by atoms with Gasteiger partial charge in [-0.1, -0.05) is 18.2 Å². The monoisotopic (exact) mass is 334 g/mol. The van der Waals surface area contributed by atoms with E-state index in [9.17, 15) is 20.4 Å². The average molecular weight is 334 g/mol. The molecule has 0 aliphatic heterocycles. The number of aliphatic hydroxyl groups is 3. The fourth-order valence-corrected chi connectivity index (χ4v) is 2.29. The van der Waals surface area contributed by atoms with Crippen molar-refractivity contribution >= 4 is 0 Å². The summed E-state index contributed by atoms with van der Waals surface area (Å²) in [5, 5.41) is 39.1. The molecule has 0 bridgehead atoms. The fraction of sp³-hybridized carbons (Fsp3) is 0.333. The number of ether oxygens (including phenoxy) is 2. The second-order valence-electron chi connectivity index (χ2n) is 5.46. The molecule has 0 aliphatic carbocycles. The molecule has 0 spiro atoms. The van der Waals surface area contributed by atoms with Crippen LogP contribution in [0.15, 0.2) is 42.5 Å². The van der Waals surface area contributed by atoms with Crippen LogP contribution in [0.2, 0.25) is 0 Å². The summed E-state index contributed by atoms with van der Waals surface area (Å²) in [6.45, 7) is 1.26. The molecule has 2 aromatic rings. The number of benzene rings is 2. The van der Waals surface area contributed by atoms with Crippen LogP contribution in [0.3, 0.4) is 0 Å². The Morgan fingerprint density at radius 1 is 1.00 bits per heavy atom. The maximum absolute atomic E-state index is 10.4. The van der Waals surface area contributed by atoms with E-state index in [1.807, 2.05) is 0 Å². The first-order chi connectivity index (χ1) is 11.5. The van der Waals surface area contributed by atoms with E-state index in [-0.39, 0.29) is 11.5 Å². The van der Waals surface area contributed by atoms with Gasteiger partial charge in [0.25, 0.3) is 0 Å². The highest BCUT2D eigenvalue weighted by molar-refractivity contribution is 5.42. The first kappa shape index (κ1) is 18.1. The average Bonchev–Trinajstić information content (AvgIpc) is 2.59. The van der Waals surface area contributed by atoms with Crippen molar-refractivity contribution in [3.8, 4) is 17.2 Å². The van der Waals surface area contributed by atoms with Crippen LogP contribution in [0.5, 0.6) is 17.2 Å². The lowest BCUT2D eigenvalue weighted by Crippen LogP contribution is -2.29. The Morgan fingerprint density at radius 2 is 1.62 bits per heavy atom. The molecule has 3 atom stereocenters. The van der Waals surface area contributed by atoms with Gasteiger partial charge in [0.2, 0.25) is 0 Å². The van der Waals surface area contributed by atoms with Crippen LogP contribution in [0.1, 0.15) is 30.3 Å². The third-order valence-electron chi connectivity index (χ3n) is 3.73. The Balaban J connectivity index is 2.15. The third-order valence-corrected chi connectivity index (χ3v) is 3.73. The van der Waals surface area contributed by atoms with Crippen molar-refractivity contribution in [2.75, 3.05) is 13.7 Å². The highest BCUT2D eigenvalue weighted by Crippen LogP contribution is 2.31. The number of phenols is 1. The molecule has 130 valence electrons. The molecule has 0 aliphatic rings. The van der Waals surface area contributed by atoms with Crippen molar-refractivity contribution in [3.63, 3.8) is 0 Å². The van der Waals surface area contributed by atoms with Crippen molar-refractivity contribution in [2.45, 2.75) is 25.2 Å². The number of methoxy groups -OCH3 is 1. The lowest BCUT2D eigenvalue weighted by atomic mass is 10.0. The molecule has 0 fully saturated rings. The fourth-order valence-electron chi connectivity index (χ4n) is 2.29. The number of phenolic OH excluding ortho intramolecular Hbond substituents is 1. The van der Waals surface area contributed by atoms with E-state index in [0.29, 0.717) is 11.3 Å². The van der Waals surface area contributed by atoms with Crippen LogP contribution in [-0.2, 0) is 0 Å². The highest BCUT2D eigenvalue weighted by atomic mass is 16.5. The molecule has 2 aromatic carbocycles. The SMILES string of the molecule is COc1cc(C(O)C(CO)Oc2ccc(C(C)O)cc2)ccc1O. The van der Waals surface area contributed by atoms with Gasteiger partial charge in [-0.3, -0.25) is 0 Å². The van der Waals surface area contributed by atoms with Crippen LogP contribution in [0.25, 0.3) is 0 Å². The molecule has 0 saturated carbocycles. The minimum atomic E-state index is -1.11. The van der Waals surface area contributed by atoms with Gasteiger partial charge in [-0.15, -0.1) is 0 Å². The Morgan fingerprint density at radius 3 is 2.17 bits per heavy atom. The molecule has 6 heteroatoms. The standard InChI is InChI=1S/C18H22O6/c1-11(20)12-3-6-14(7-4-12)24-17(10-19)18(22)13-5-8-15(21)16(9-13)23-2/h3-9,11,17-22H,10H2,1-2H3. The second-order valence-corrected chi connectivity index (χ2v) is 5.46. The van der Waals surface area contributed by atoms with Crippen LogP contribution in [0.4, 0.5) is 0 Å². The van der Waals surface area contributed by atoms with E-state index in [2.05, 4.69) is 0 Å². The lowest BCUT2D eigenvalue weighted by molar-refractivity contribution is 0.000636. The third kappa shape index (κ3) is 4.17. The molecule has 3 unspecified atom stereocenters. The minimum Gasteiger partial charge on any atom is -0.504 e. The van der Waals surface area contributed by atoms with Gasteiger partial charge in [0.1, 0.15) is 11.9 Å². The predicted octanol–water partition coefficient (Wildman–Crippen LogP) is 1.93. The Bertz CT molecular complexity index is 653. The zero-order valence-electron chi connectivity index (χ0n) is 13.6. The summed E-state index contributed by atoms with van der Waals surface area (Å²) in [5.41, 5.74) is 1.19. The van der Waals surface area contributed by atoms with Gasteiger partial charge in [-0.2, -0.15) is 0 Å². The second kappa shape index (κ2) is 8.01. The summed E-state index contributed by atoms with van der Waals surface area (Å²) in [7, 11) is 1.41. The molecule has 0 heterocycles. The predicted molar refractivity (Wildman–Crippen MR) is 88.2 cm³/mol. The summed E-state index contributed by atoms with van der Waals surface area (Å²) < 4.78 is 10.6. The number of rotatable bonds is 7. The Kier molecular flexibility index (Phi) is 6.03. The van der Waals surface area contributed by atoms with Gasteiger partial charge in [-0.05, 0) is 42.3 Å². The molecule has 0 amide bonds. The van der Waals surface area contributed by atoms with E-state index in [1.165, 1.54) is 25.3 Å². The maximum Gasteiger partial charge on any atom is 0.160 e. The van der Waals surface area contributed by atoms with Crippen LogP contribution in [-0.4, -0.2) is 40.2 Å². The van der Waals surface area contributed by atoms with E-state index >= 15 is 0 Å². The Labute approximate surface area is 140 Å². The molecule has 2 rings (SSSR count). The lowest BCUT2D eigenvalue weighted by Gasteiger charge is -2.23. The minimum absolute atomic E-state index is 0.0383. The molecule has 24 heavy (non-hydrogen) atoms. The topological polar surface area (TPSA) is 99.4 Å². The smallest absolute Gasteiger partial charge is 0.160 e. The summed E-state index contributed by atoms with van der Waals surface area (Å²) >= 11 is 0. The summed E-state index contributed by atoms with van der Waals surface area (Å²) in [6.07, 6.45) is -2.58. The van der Waals surface area contributed by atoms with Gasteiger partial charge in [-0.25, -0.2) is 0 Å². The molecule has 0 aromatic heterocycles. The number of hydrogen-bond acceptors (Lipinski definition) is 6. The number of hydrogen-bond donors (Lipinski definition) is 4. The van der Waals surface area contributed by atoms with Crippen LogP contribution in [0, 0.1) is 0 Å². The first-order valence-corrected chi connectivity index (χ1v) is 7.56. The Hall–Kier alpha value is -2.28. The molecule has 0 saturated heterocycles. The van der Waals surface area contributed by atoms with Crippen molar-refractivity contribution in [3.05, 3.63) is 53.6 Å². The van der Waals surface area contributed by atoms with Crippen LogP contribution < -0.4 is 9.47 Å². The highest BCUT2D eigenvalue weighted by Gasteiger charge is 2.23.